The Morgan fingerprint density at radius 2 is 2.00 bits per heavy atom. The van der Waals surface area contributed by atoms with Crippen LogP contribution in [0.25, 0.3) is 0 Å². The topological polar surface area (TPSA) is 55.2 Å². The fourth-order valence-corrected chi connectivity index (χ4v) is 2.61. The van der Waals surface area contributed by atoms with Crippen molar-refractivity contribution < 1.29 is 4.92 Å². The lowest BCUT2D eigenvalue weighted by atomic mass is 9.95. The minimum absolute atomic E-state index is 0.153. The van der Waals surface area contributed by atoms with Crippen molar-refractivity contribution in [3.8, 4) is 0 Å². The van der Waals surface area contributed by atoms with E-state index in [0.717, 1.165) is 16.4 Å². The van der Waals surface area contributed by atoms with Crippen LogP contribution in [0.5, 0.6) is 0 Å². The summed E-state index contributed by atoms with van der Waals surface area (Å²) in [6, 6.07) is 5.51. The molecule has 0 fully saturated rings. The summed E-state index contributed by atoms with van der Waals surface area (Å²) in [5.74, 6) is 0.531. The summed E-state index contributed by atoms with van der Waals surface area (Å²) in [6.07, 6.45) is 2.14. The van der Waals surface area contributed by atoms with Crippen LogP contribution in [0.2, 0.25) is 0 Å². The third kappa shape index (κ3) is 3.83. The van der Waals surface area contributed by atoms with Gasteiger partial charge >= 0.3 is 0 Å². The van der Waals surface area contributed by atoms with Crippen molar-refractivity contribution in [1.29, 1.82) is 0 Å². The third-order valence-corrected chi connectivity index (χ3v) is 3.97. The Balaban J connectivity index is 2.93. The molecule has 1 atom stereocenters. The molecule has 0 aromatic heterocycles. The molecule has 1 aromatic carbocycles. The molecule has 4 nitrogen and oxygen atoms in total. The zero-order chi connectivity index (χ0) is 13.7. The smallest absolute Gasteiger partial charge is 0.293 e. The molecule has 0 amide bonds. The lowest BCUT2D eigenvalue weighted by Gasteiger charge is -2.23. The van der Waals surface area contributed by atoms with E-state index in [1.807, 2.05) is 6.07 Å². The van der Waals surface area contributed by atoms with E-state index in [0.29, 0.717) is 11.6 Å². The van der Waals surface area contributed by atoms with Crippen molar-refractivity contribution in [3.63, 3.8) is 0 Å². The van der Waals surface area contributed by atoms with Gasteiger partial charge in [-0.25, -0.2) is 0 Å². The Bertz CT molecular complexity index is 419. The first kappa shape index (κ1) is 15.2. The van der Waals surface area contributed by atoms with Crippen LogP contribution in [0.1, 0.15) is 33.6 Å². The van der Waals surface area contributed by atoms with Gasteiger partial charge in [0.05, 0.1) is 4.92 Å². The van der Waals surface area contributed by atoms with Gasteiger partial charge in [0.15, 0.2) is 0 Å². The third-order valence-electron chi connectivity index (χ3n) is 3.30. The fourth-order valence-electron chi connectivity index (χ4n) is 2.14. The maximum Gasteiger partial charge on any atom is 0.293 e. The van der Waals surface area contributed by atoms with Crippen molar-refractivity contribution in [2.24, 2.45) is 5.92 Å². The second kappa shape index (κ2) is 6.92. The molecule has 100 valence electrons. The van der Waals surface area contributed by atoms with Crippen LogP contribution >= 0.6 is 22.6 Å². The van der Waals surface area contributed by atoms with Gasteiger partial charge in [0.1, 0.15) is 5.69 Å². The summed E-state index contributed by atoms with van der Waals surface area (Å²) in [7, 11) is 0. The maximum absolute atomic E-state index is 11.0. The van der Waals surface area contributed by atoms with Crippen LogP contribution < -0.4 is 5.32 Å². The number of anilines is 1. The number of hydrogen-bond acceptors (Lipinski definition) is 3. The minimum Gasteiger partial charge on any atom is -0.377 e. The molecule has 0 aliphatic rings. The highest BCUT2D eigenvalue weighted by molar-refractivity contribution is 14.1. The second-order valence-corrected chi connectivity index (χ2v) is 5.67. The number of nitro groups is 1. The molecule has 5 heteroatoms. The van der Waals surface area contributed by atoms with E-state index in [1.54, 1.807) is 12.1 Å². The van der Waals surface area contributed by atoms with Crippen LogP contribution in [0.3, 0.4) is 0 Å². The van der Waals surface area contributed by atoms with E-state index in [1.165, 1.54) is 0 Å². The van der Waals surface area contributed by atoms with Crippen LogP contribution in [0.4, 0.5) is 11.4 Å². The molecule has 1 unspecified atom stereocenters. The number of nitro benzene ring substituents is 1. The Labute approximate surface area is 121 Å². The number of halogens is 1. The van der Waals surface area contributed by atoms with Gasteiger partial charge in [-0.15, -0.1) is 0 Å². The minimum atomic E-state index is -0.329. The molecule has 0 aliphatic carbocycles. The summed E-state index contributed by atoms with van der Waals surface area (Å²) >= 11 is 2.09. The quantitative estimate of drug-likeness (QED) is 0.463. The Hall–Kier alpha value is -0.850. The number of hydrogen-bond donors (Lipinski definition) is 1. The van der Waals surface area contributed by atoms with Crippen molar-refractivity contribution >= 4 is 34.0 Å². The molecule has 1 aromatic rings. The van der Waals surface area contributed by atoms with Gasteiger partial charge < -0.3 is 5.32 Å². The van der Waals surface area contributed by atoms with Crippen LogP contribution in [-0.2, 0) is 0 Å². The van der Waals surface area contributed by atoms with Crippen molar-refractivity contribution in [1.82, 2.24) is 0 Å². The molecule has 0 saturated carbocycles. The molecular weight excluding hydrogens is 343 g/mol. The highest BCUT2D eigenvalue weighted by atomic mass is 127. The standard InChI is InChI=1S/C13H19IN2O2/c1-4-10(5-2)9(3)15-12-7-6-11(14)8-13(12)16(17)18/h6-10,15H,4-5H2,1-3H3. The lowest BCUT2D eigenvalue weighted by Crippen LogP contribution is -2.25. The summed E-state index contributed by atoms with van der Waals surface area (Å²) in [5, 5.41) is 14.3. The van der Waals surface area contributed by atoms with Crippen molar-refractivity contribution in [2.75, 3.05) is 5.32 Å². The molecule has 0 heterocycles. The van der Waals surface area contributed by atoms with Crippen LogP contribution in [0.15, 0.2) is 18.2 Å². The van der Waals surface area contributed by atoms with E-state index in [-0.39, 0.29) is 16.7 Å². The predicted octanol–water partition coefficient (Wildman–Crippen LogP) is 4.44. The van der Waals surface area contributed by atoms with Gasteiger partial charge in [0, 0.05) is 15.7 Å². The number of benzene rings is 1. The first-order chi connectivity index (χ1) is 8.49. The van der Waals surface area contributed by atoms with E-state index < -0.39 is 0 Å². The zero-order valence-corrected chi connectivity index (χ0v) is 13.1. The second-order valence-electron chi connectivity index (χ2n) is 4.43. The number of nitrogens with one attached hydrogen (secondary N) is 1. The van der Waals surface area contributed by atoms with E-state index >= 15 is 0 Å². The first-order valence-corrected chi connectivity index (χ1v) is 7.27. The van der Waals surface area contributed by atoms with Crippen molar-refractivity contribution in [3.05, 3.63) is 31.9 Å². The van der Waals surface area contributed by atoms with Crippen LogP contribution in [0, 0.1) is 19.6 Å². The van der Waals surface area contributed by atoms with E-state index in [2.05, 4.69) is 48.7 Å². The SMILES string of the molecule is CCC(CC)C(C)Nc1ccc(I)cc1[N+](=O)[O-]. The predicted molar refractivity (Wildman–Crippen MR) is 83.0 cm³/mol. The number of nitrogens with zero attached hydrogens (tertiary/aromatic N) is 1. The van der Waals surface area contributed by atoms with Crippen molar-refractivity contribution in [2.45, 2.75) is 39.7 Å². The largest absolute Gasteiger partial charge is 0.377 e. The Morgan fingerprint density at radius 1 is 1.39 bits per heavy atom. The van der Waals surface area contributed by atoms with Gasteiger partial charge in [0.2, 0.25) is 0 Å². The summed E-state index contributed by atoms with van der Waals surface area (Å²) < 4.78 is 0.875. The van der Waals surface area contributed by atoms with Gasteiger partial charge in [-0.1, -0.05) is 26.7 Å². The summed E-state index contributed by atoms with van der Waals surface area (Å²) in [4.78, 5) is 10.7. The lowest BCUT2D eigenvalue weighted by molar-refractivity contribution is -0.384. The van der Waals surface area contributed by atoms with Gasteiger partial charge in [-0.3, -0.25) is 10.1 Å². The molecule has 18 heavy (non-hydrogen) atoms. The van der Waals surface area contributed by atoms with Gasteiger partial charge in [-0.05, 0) is 47.6 Å². The highest BCUT2D eigenvalue weighted by Crippen LogP contribution is 2.28. The zero-order valence-electron chi connectivity index (χ0n) is 10.9. The monoisotopic (exact) mass is 362 g/mol. The molecular formula is C13H19IN2O2. The molecule has 0 aliphatic heterocycles. The first-order valence-electron chi connectivity index (χ1n) is 6.20. The summed E-state index contributed by atoms with van der Waals surface area (Å²) in [5.41, 5.74) is 0.763. The van der Waals surface area contributed by atoms with Gasteiger partial charge in [-0.2, -0.15) is 0 Å². The molecule has 0 saturated heterocycles. The summed E-state index contributed by atoms with van der Waals surface area (Å²) in [6.45, 7) is 6.38. The number of rotatable bonds is 6. The Kier molecular flexibility index (Phi) is 5.84. The normalized spacial score (nSPS) is 12.5. The highest BCUT2D eigenvalue weighted by Gasteiger charge is 2.19. The molecule has 0 bridgehead atoms. The van der Waals surface area contributed by atoms with Gasteiger partial charge in [0.25, 0.3) is 5.69 Å². The average Bonchev–Trinajstić information content (AvgIpc) is 2.32. The maximum atomic E-state index is 11.0. The Morgan fingerprint density at radius 3 is 2.50 bits per heavy atom. The van der Waals surface area contributed by atoms with E-state index in [4.69, 9.17) is 0 Å². The molecule has 1 rings (SSSR count). The van der Waals surface area contributed by atoms with Crippen LogP contribution in [-0.4, -0.2) is 11.0 Å². The molecule has 1 N–H and O–H groups in total. The fraction of sp³-hybridized carbons (Fsp3) is 0.538. The molecule has 0 spiro atoms. The molecule has 0 radical (unpaired) electrons. The van der Waals surface area contributed by atoms with E-state index in [9.17, 15) is 10.1 Å². The average molecular weight is 362 g/mol.